The van der Waals surface area contributed by atoms with Crippen LogP contribution < -0.4 is 21.7 Å². The van der Waals surface area contributed by atoms with E-state index in [1.165, 1.54) is 17.7 Å². The Morgan fingerprint density at radius 3 is 2.15 bits per heavy atom. The minimum Gasteiger partial charge on any atom is -0.351 e. The Balaban J connectivity index is 1.38. The van der Waals surface area contributed by atoms with Gasteiger partial charge in [-0.05, 0) is 115 Å². The minimum atomic E-state index is -3.34. The summed E-state index contributed by atoms with van der Waals surface area (Å²) in [6.45, 7) is 7.91. The number of amides is 2. The molecule has 2 amide bonds. The Bertz CT molecular complexity index is 2090. The van der Waals surface area contributed by atoms with Gasteiger partial charge in [0.15, 0.2) is 9.84 Å². The maximum Gasteiger partial charge on any atom is 0.316 e. The molecule has 0 radical (unpaired) electrons. The van der Waals surface area contributed by atoms with Crippen LogP contribution in [0.2, 0.25) is 5.28 Å². The lowest BCUT2D eigenvalue weighted by Crippen LogP contribution is -2.19. The fourth-order valence-corrected chi connectivity index (χ4v) is 6.37. The predicted octanol–water partition coefficient (Wildman–Crippen LogP) is 8.18. The van der Waals surface area contributed by atoms with Gasteiger partial charge in [-0.1, -0.05) is 24.6 Å². The van der Waals surface area contributed by atoms with Gasteiger partial charge in [0.05, 0.1) is 22.0 Å². The molecule has 0 atom stereocenters. The number of primary amides is 1. The zero-order chi connectivity index (χ0) is 33.0. The van der Waals surface area contributed by atoms with Crippen molar-refractivity contribution in [2.24, 2.45) is 16.0 Å². The van der Waals surface area contributed by atoms with Crippen LogP contribution in [0, 0.1) is 20.8 Å². The second-order valence-corrected chi connectivity index (χ2v) is 13.2. The number of azo groups is 1. The van der Waals surface area contributed by atoms with E-state index in [1.807, 2.05) is 19.9 Å². The van der Waals surface area contributed by atoms with Gasteiger partial charge in [0.1, 0.15) is 5.69 Å². The molecule has 12 nitrogen and oxygen atoms in total. The van der Waals surface area contributed by atoms with E-state index < -0.39 is 15.9 Å². The van der Waals surface area contributed by atoms with Crippen LogP contribution in [0.1, 0.15) is 30.0 Å². The van der Waals surface area contributed by atoms with Gasteiger partial charge in [-0.25, -0.2) is 13.2 Å². The first-order valence-electron chi connectivity index (χ1n) is 14.3. The first-order valence-corrected chi connectivity index (χ1v) is 16.4. The molecule has 0 spiro atoms. The van der Waals surface area contributed by atoms with Gasteiger partial charge in [0.2, 0.25) is 17.2 Å². The number of nitrogens with one attached hydrogen (secondary N) is 3. The number of sulfone groups is 1. The standard InChI is InChI=1S/C32H32ClN9O3S/c1-5-12-46(44,45)24-9-6-22(7-10-24)35-31-38-29(33)39-32(40-31)36-23-8-11-26(28(16-23)37-30(34)43)41-42-27-17-25-19(3)13-18(2)14-21(25)15-20(27)4/h6-11,13-17H,5,12H2,1-4H3,(H3,34,37,43)(H2,35,36,38,39,40). The number of fused-ring (bicyclic) bond motifs is 1. The summed E-state index contributed by atoms with van der Waals surface area (Å²) < 4.78 is 24.7. The Kier molecular flexibility index (Phi) is 9.44. The molecule has 4 aromatic carbocycles. The van der Waals surface area contributed by atoms with Gasteiger partial charge in [-0.3, -0.25) is 0 Å². The van der Waals surface area contributed by atoms with E-state index in [1.54, 1.807) is 30.3 Å². The highest BCUT2D eigenvalue weighted by molar-refractivity contribution is 7.91. The van der Waals surface area contributed by atoms with Crippen LogP contribution >= 0.6 is 11.6 Å². The molecule has 46 heavy (non-hydrogen) atoms. The Morgan fingerprint density at radius 1 is 0.826 bits per heavy atom. The molecule has 0 saturated heterocycles. The topological polar surface area (TPSA) is 177 Å². The number of urea groups is 1. The van der Waals surface area contributed by atoms with Crippen molar-refractivity contribution < 1.29 is 13.2 Å². The molecule has 14 heteroatoms. The van der Waals surface area contributed by atoms with Crippen molar-refractivity contribution in [2.45, 2.75) is 39.0 Å². The van der Waals surface area contributed by atoms with Crippen LogP contribution in [-0.2, 0) is 9.84 Å². The second kappa shape index (κ2) is 13.5. The molecule has 1 heterocycles. The zero-order valence-electron chi connectivity index (χ0n) is 25.6. The van der Waals surface area contributed by atoms with Gasteiger partial charge < -0.3 is 21.7 Å². The van der Waals surface area contributed by atoms with Crippen molar-refractivity contribution in [3.63, 3.8) is 0 Å². The highest BCUT2D eigenvalue weighted by Crippen LogP contribution is 2.34. The maximum absolute atomic E-state index is 12.3. The number of aryl methyl sites for hydroxylation is 3. The number of nitrogens with two attached hydrogens (primary N) is 1. The molecule has 1 aromatic heterocycles. The first-order chi connectivity index (χ1) is 21.9. The van der Waals surface area contributed by atoms with Crippen molar-refractivity contribution in [1.82, 2.24) is 15.0 Å². The second-order valence-electron chi connectivity index (χ2n) is 10.7. The van der Waals surface area contributed by atoms with E-state index in [0.717, 1.165) is 21.9 Å². The fraction of sp³-hybridized carbons (Fsp3) is 0.188. The van der Waals surface area contributed by atoms with Crippen LogP contribution in [0.5, 0.6) is 0 Å². The minimum absolute atomic E-state index is 0.0714. The van der Waals surface area contributed by atoms with Crippen molar-refractivity contribution in [2.75, 3.05) is 21.7 Å². The third-order valence-corrected chi connectivity index (χ3v) is 9.05. The number of anilines is 5. The molecule has 0 aliphatic heterocycles. The molecule has 5 N–H and O–H groups in total. The highest BCUT2D eigenvalue weighted by Gasteiger charge is 2.14. The Hall–Kier alpha value is -5.14. The molecule has 0 aliphatic rings. The molecular weight excluding hydrogens is 626 g/mol. The summed E-state index contributed by atoms with van der Waals surface area (Å²) >= 11 is 6.17. The van der Waals surface area contributed by atoms with Crippen molar-refractivity contribution >= 4 is 78.6 Å². The SMILES string of the molecule is CCCS(=O)(=O)c1ccc(Nc2nc(Cl)nc(Nc3ccc(N=Nc4cc5c(C)cc(C)cc5cc4C)c(NC(N)=O)c3)n2)cc1. The van der Waals surface area contributed by atoms with Crippen molar-refractivity contribution in [3.05, 3.63) is 88.7 Å². The molecule has 0 aliphatic carbocycles. The van der Waals surface area contributed by atoms with E-state index in [9.17, 15) is 13.2 Å². The van der Waals surface area contributed by atoms with Crippen LogP contribution in [0.3, 0.4) is 0 Å². The first kappa shape index (κ1) is 32.3. The number of halogens is 1. The summed E-state index contributed by atoms with van der Waals surface area (Å²) in [5.41, 5.74) is 11.2. The van der Waals surface area contributed by atoms with Crippen LogP contribution in [0.25, 0.3) is 10.8 Å². The van der Waals surface area contributed by atoms with E-state index in [0.29, 0.717) is 34.9 Å². The number of hydrogen-bond acceptors (Lipinski definition) is 10. The lowest BCUT2D eigenvalue weighted by Gasteiger charge is -2.12. The van der Waals surface area contributed by atoms with Gasteiger partial charge >= 0.3 is 6.03 Å². The third-order valence-electron chi connectivity index (χ3n) is 6.95. The number of rotatable bonds is 10. The van der Waals surface area contributed by atoms with Gasteiger partial charge in [-0.2, -0.15) is 20.1 Å². The normalized spacial score (nSPS) is 11.6. The quantitative estimate of drug-likeness (QED) is 0.109. The number of carbonyl (C=O) groups excluding carboxylic acids is 1. The van der Waals surface area contributed by atoms with E-state index in [-0.39, 0.29) is 27.8 Å². The lowest BCUT2D eigenvalue weighted by atomic mass is 9.99. The summed E-state index contributed by atoms with van der Waals surface area (Å²) in [7, 11) is -3.34. The molecule has 0 unspecified atom stereocenters. The summed E-state index contributed by atoms with van der Waals surface area (Å²) in [4.78, 5) is 24.7. The number of hydrogen-bond donors (Lipinski definition) is 4. The number of carbonyl (C=O) groups is 1. The molecule has 236 valence electrons. The van der Waals surface area contributed by atoms with Crippen LogP contribution in [0.15, 0.2) is 81.9 Å². The fourth-order valence-electron chi connectivity index (χ4n) is 4.89. The van der Waals surface area contributed by atoms with E-state index in [2.05, 4.69) is 73.2 Å². The molecular formula is C32H32ClN9O3S. The zero-order valence-corrected chi connectivity index (χ0v) is 27.2. The average Bonchev–Trinajstić information content (AvgIpc) is 2.96. The Labute approximate surface area is 271 Å². The summed E-state index contributed by atoms with van der Waals surface area (Å²) in [5.74, 6) is 0.312. The average molecular weight is 658 g/mol. The van der Waals surface area contributed by atoms with Gasteiger partial charge in [0, 0.05) is 11.4 Å². The highest BCUT2D eigenvalue weighted by atomic mass is 35.5. The smallest absolute Gasteiger partial charge is 0.316 e. The summed E-state index contributed by atoms with van der Waals surface area (Å²) in [5, 5.41) is 19.7. The Morgan fingerprint density at radius 2 is 1.48 bits per heavy atom. The van der Waals surface area contributed by atoms with Crippen molar-refractivity contribution in [3.8, 4) is 0 Å². The number of benzene rings is 4. The molecule has 0 saturated carbocycles. The number of aromatic nitrogens is 3. The lowest BCUT2D eigenvalue weighted by molar-refractivity contribution is 0.259. The summed E-state index contributed by atoms with van der Waals surface area (Å²) in [6.07, 6.45) is 0.527. The van der Waals surface area contributed by atoms with E-state index >= 15 is 0 Å². The molecule has 5 rings (SSSR count). The monoisotopic (exact) mass is 657 g/mol. The largest absolute Gasteiger partial charge is 0.351 e. The van der Waals surface area contributed by atoms with Gasteiger partial charge in [-0.15, -0.1) is 5.11 Å². The molecule has 0 fully saturated rings. The predicted molar refractivity (Wildman–Crippen MR) is 182 cm³/mol. The van der Waals surface area contributed by atoms with Gasteiger partial charge in [0.25, 0.3) is 0 Å². The molecule has 5 aromatic rings. The van der Waals surface area contributed by atoms with Crippen LogP contribution in [0.4, 0.5) is 45.1 Å². The molecule has 0 bridgehead atoms. The maximum atomic E-state index is 12.3. The van der Waals surface area contributed by atoms with E-state index in [4.69, 9.17) is 17.3 Å². The van der Waals surface area contributed by atoms with Crippen molar-refractivity contribution in [1.29, 1.82) is 0 Å². The summed E-state index contributed by atoms with van der Waals surface area (Å²) in [6, 6.07) is 18.8. The van der Waals surface area contributed by atoms with Crippen LogP contribution in [-0.4, -0.2) is 35.2 Å². The third kappa shape index (κ3) is 7.73. The number of nitrogens with zero attached hydrogens (tertiary/aromatic N) is 5.